The molecule has 0 radical (unpaired) electrons. The molecule has 2 atom stereocenters. The van der Waals surface area contributed by atoms with E-state index < -0.39 is 0 Å². The van der Waals surface area contributed by atoms with Gasteiger partial charge in [0, 0.05) is 24.4 Å². The van der Waals surface area contributed by atoms with Crippen LogP contribution in [0.15, 0.2) is 42.7 Å². The summed E-state index contributed by atoms with van der Waals surface area (Å²) in [6, 6.07) is 9.69. The van der Waals surface area contributed by atoms with Gasteiger partial charge in [0.1, 0.15) is 0 Å². The number of nitrogens with zero attached hydrogens (tertiary/aromatic N) is 2. The fraction of sp³-hybridized carbons (Fsp3) is 0.375. The first-order valence-electron chi connectivity index (χ1n) is 7.39. The molecule has 3 rings (SSSR count). The maximum absolute atomic E-state index is 12.4. The Morgan fingerprint density at radius 3 is 2.82 bits per heavy atom. The van der Waals surface area contributed by atoms with Gasteiger partial charge in [-0.2, -0.15) is 5.10 Å². The highest BCUT2D eigenvalue weighted by atomic mass is 35.5. The molecule has 1 amide bonds. The van der Waals surface area contributed by atoms with Crippen LogP contribution in [-0.4, -0.2) is 21.7 Å². The fourth-order valence-electron chi connectivity index (χ4n) is 2.89. The molecule has 1 fully saturated rings. The zero-order valence-electron chi connectivity index (χ0n) is 12.3. The highest BCUT2D eigenvalue weighted by molar-refractivity contribution is 5.94. The summed E-state index contributed by atoms with van der Waals surface area (Å²) in [6.07, 6.45) is 7.33. The van der Waals surface area contributed by atoms with Gasteiger partial charge in [0.15, 0.2) is 0 Å². The summed E-state index contributed by atoms with van der Waals surface area (Å²) < 4.78 is 1.75. The molecule has 2 unspecified atom stereocenters. The van der Waals surface area contributed by atoms with E-state index in [1.165, 1.54) is 0 Å². The predicted octanol–water partition coefficient (Wildman–Crippen LogP) is 2.75. The van der Waals surface area contributed by atoms with E-state index >= 15 is 0 Å². The lowest BCUT2D eigenvalue weighted by Crippen LogP contribution is -2.34. The second-order valence-electron chi connectivity index (χ2n) is 5.58. The Kier molecular flexibility index (Phi) is 5.57. The van der Waals surface area contributed by atoms with E-state index in [4.69, 9.17) is 5.73 Å². The molecule has 22 heavy (non-hydrogen) atoms. The number of halogens is 1. The number of hydrogen-bond donors (Lipinski definition) is 2. The van der Waals surface area contributed by atoms with Gasteiger partial charge in [-0.05, 0) is 37.5 Å². The largest absolute Gasteiger partial charge is 0.328 e. The van der Waals surface area contributed by atoms with Crippen LogP contribution < -0.4 is 11.1 Å². The molecule has 0 saturated heterocycles. The summed E-state index contributed by atoms with van der Waals surface area (Å²) in [4.78, 5) is 12.4. The van der Waals surface area contributed by atoms with Crippen LogP contribution in [0.5, 0.6) is 0 Å². The molecule has 3 N–H and O–H groups in total. The first-order valence-corrected chi connectivity index (χ1v) is 7.39. The monoisotopic (exact) mass is 320 g/mol. The third kappa shape index (κ3) is 3.67. The standard InChI is InChI=1S/C16H20N4O.ClH/c17-13-6-3-5-12(11-13)16(21)19-14-7-1-2-8-15(14)20-10-4-9-18-20;/h1-2,4,7-10,12-13H,3,5-6,11,17H2,(H,19,21);1H. The molecular weight excluding hydrogens is 300 g/mol. The predicted molar refractivity (Wildman–Crippen MR) is 89.4 cm³/mol. The average molecular weight is 321 g/mol. The molecule has 0 aliphatic heterocycles. The molecule has 6 heteroatoms. The SMILES string of the molecule is Cl.NC1CCCC(C(=O)Nc2ccccc2-n2cccn2)C1. The van der Waals surface area contributed by atoms with Crippen LogP contribution >= 0.6 is 12.4 Å². The normalized spacial score (nSPS) is 21.0. The molecule has 118 valence electrons. The number of amides is 1. The number of rotatable bonds is 3. The molecule has 1 aromatic carbocycles. The number of aromatic nitrogens is 2. The third-order valence-corrected chi connectivity index (χ3v) is 4.00. The van der Waals surface area contributed by atoms with Crippen LogP contribution in [0.25, 0.3) is 5.69 Å². The van der Waals surface area contributed by atoms with Crippen molar-refractivity contribution in [3.05, 3.63) is 42.7 Å². The Hall–Kier alpha value is -1.85. The third-order valence-electron chi connectivity index (χ3n) is 4.00. The summed E-state index contributed by atoms with van der Waals surface area (Å²) in [5, 5.41) is 7.26. The Balaban J connectivity index is 0.00000176. The van der Waals surface area contributed by atoms with Crippen molar-refractivity contribution in [1.29, 1.82) is 0 Å². The second-order valence-corrected chi connectivity index (χ2v) is 5.58. The first kappa shape index (κ1) is 16.5. The molecular formula is C16H21ClN4O. The molecule has 1 aliphatic rings. The molecule has 1 aliphatic carbocycles. The summed E-state index contributed by atoms with van der Waals surface area (Å²) in [7, 11) is 0. The second kappa shape index (κ2) is 7.42. The van der Waals surface area contributed by atoms with Crippen LogP contribution in [0.3, 0.4) is 0 Å². The highest BCUT2D eigenvalue weighted by Gasteiger charge is 2.25. The lowest BCUT2D eigenvalue weighted by molar-refractivity contribution is -0.120. The van der Waals surface area contributed by atoms with Crippen molar-refractivity contribution < 1.29 is 4.79 Å². The van der Waals surface area contributed by atoms with Gasteiger partial charge in [-0.15, -0.1) is 12.4 Å². The number of para-hydroxylation sites is 2. The summed E-state index contributed by atoms with van der Waals surface area (Å²) in [5.74, 6) is 0.0733. The number of hydrogen-bond acceptors (Lipinski definition) is 3. The number of carbonyl (C=O) groups excluding carboxylic acids is 1. The molecule has 1 aromatic heterocycles. The van der Waals surface area contributed by atoms with Crippen molar-refractivity contribution >= 4 is 24.0 Å². The maximum atomic E-state index is 12.4. The van der Waals surface area contributed by atoms with Crippen molar-refractivity contribution in [2.45, 2.75) is 31.7 Å². The minimum atomic E-state index is 0. The molecule has 5 nitrogen and oxygen atoms in total. The number of nitrogens with two attached hydrogens (primary N) is 1. The minimum absolute atomic E-state index is 0. The molecule has 0 bridgehead atoms. The number of anilines is 1. The van der Waals surface area contributed by atoms with E-state index in [0.717, 1.165) is 37.1 Å². The lowest BCUT2D eigenvalue weighted by Gasteiger charge is -2.26. The average Bonchev–Trinajstić information content (AvgIpc) is 3.02. The number of nitrogens with one attached hydrogen (secondary N) is 1. The highest BCUT2D eigenvalue weighted by Crippen LogP contribution is 2.26. The van der Waals surface area contributed by atoms with Crippen LogP contribution in [-0.2, 0) is 4.79 Å². The van der Waals surface area contributed by atoms with E-state index in [2.05, 4.69) is 10.4 Å². The Morgan fingerprint density at radius 2 is 2.09 bits per heavy atom. The van der Waals surface area contributed by atoms with Gasteiger partial charge >= 0.3 is 0 Å². The van der Waals surface area contributed by atoms with E-state index in [0.29, 0.717) is 0 Å². The first-order chi connectivity index (χ1) is 10.2. The smallest absolute Gasteiger partial charge is 0.227 e. The van der Waals surface area contributed by atoms with Gasteiger partial charge in [-0.3, -0.25) is 4.79 Å². The van der Waals surface area contributed by atoms with Gasteiger partial charge in [0.05, 0.1) is 11.4 Å². The Labute approximate surface area is 136 Å². The van der Waals surface area contributed by atoms with E-state index in [1.807, 2.05) is 36.5 Å². The van der Waals surface area contributed by atoms with Gasteiger partial charge in [-0.25, -0.2) is 4.68 Å². The van der Waals surface area contributed by atoms with Crippen LogP contribution in [0.2, 0.25) is 0 Å². The fourth-order valence-corrected chi connectivity index (χ4v) is 2.89. The van der Waals surface area contributed by atoms with Crippen LogP contribution in [0.1, 0.15) is 25.7 Å². The van der Waals surface area contributed by atoms with Crippen LogP contribution in [0.4, 0.5) is 5.69 Å². The Bertz CT molecular complexity index is 614. The van der Waals surface area contributed by atoms with Gasteiger partial charge < -0.3 is 11.1 Å². The van der Waals surface area contributed by atoms with Crippen molar-refractivity contribution in [3.8, 4) is 5.69 Å². The Morgan fingerprint density at radius 1 is 1.27 bits per heavy atom. The van der Waals surface area contributed by atoms with Crippen molar-refractivity contribution in [2.24, 2.45) is 11.7 Å². The van der Waals surface area contributed by atoms with Crippen LogP contribution in [0, 0.1) is 5.92 Å². The zero-order valence-corrected chi connectivity index (χ0v) is 13.1. The topological polar surface area (TPSA) is 72.9 Å². The van der Waals surface area contributed by atoms with E-state index in [-0.39, 0.29) is 30.3 Å². The van der Waals surface area contributed by atoms with E-state index in [9.17, 15) is 4.79 Å². The van der Waals surface area contributed by atoms with Gasteiger partial charge in [0.25, 0.3) is 0 Å². The quantitative estimate of drug-likeness (QED) is 0.913. The summed E-state index contributed by atoms with van der Waals surface area (Å²) in [6.45, 7) is 0. The molecule has 0 spiro atoms. The van der Waals surface area contributed by atoms with E-state index in [1.54, 1.807) is 10.9 Å². The van der Waals surface area contributed by atoms with Gasteiger partial charge in [-0.1, -0.05) is 18.6 Å². The summed E-state index contributed by atoms with van der Waals surface area (Å²) >= 11 is 0. The summed E-state index contributed by atoms with van der Waals surface area (Å²) in [5.41, 5.74) is 7.62. The van der Waals surface area contributed by atoms with Crippen molar-refractivity contribution in [1.82, 2.24) is 9.78 Å². The maximum Gasteiger partial charge on any atom is 0.227 e. The zero-order chi connectivity index (χ0) is 14.7. The minimum Gasteiger partial charge on any atom is -0.328 e. The lowest BCUT2D eigenvalue weighted by atomic mass is 9.85. The van der Waals surface area contributed by atoms with Crippen molar-refractivity contribution in [3.63, 3.8) is 0 Å². The molecule has 1 saturated carbocycles. The molecule has 2 aromatic rings. The van der Waals surface area contributed by atoms with Crippen molar-refractivity contribution in [2.75, 3.05) is 5.32 Å². The number of carbonyl (C=O) groups is 1. The number of benzene rings is 1. The molecule has 1 heterocycles. The van der Waals surface area contributed by atoms with Gasteiger partial charge in [0.2, 0.25) is 5.91 Å².